The number of nitrogen functional groups attached to an aromatic ring is 1. The van der Waals surface area contributed by atoms with E-state index in [0.717, 1.165) is 11.3 Å². The topological polar surface area (TPSA) is 58.7 Å². The first kappa shape index (κ1) is 14.9. The van der Waals surface area contributed by atoms with Crippen molar-refractivity contribution < 1.29 is 4.79 Å². The third-order valence-corrected chi connectivity index (χ3v) is 3.99. The van der Waals surface area contributed by atoms with Gasteiger partial charge in [0.25, 0.3) is 5.91 Å². The molecular formula is C16H13Cl2N3O. The molecule has 0 spiro atoms. The second-order valence-corrected chi connectivity index (χ2v) is 5.78. The van der Waals surface area contributed by atoms with Gasteiger partial charge in [-0.25, -0.2) is 0 Å². The van der Waals surface area contributed by atoms with E-state index in [0.29, 0.717) is 34.4 Å². The minimum absolute atomic E-state index is 0.205. The molecule has 22 heavy (non-hydrogen) atoms. The highest BCUT2D eigenvalue weighted by Crippen LogP contribution is 2.28. The van der Waals surface area contributed by atoms with Crippen LogP contribution in [0.2, 0.25) is 10.0 Å². The van der Waals surface area contributed by atoms with E-state index in [2.05, 4.69) is 4.99 Å². The highest BCUT2D eigenvalue weighted by atomic mass is 35.5. The number of hydrogen-bond donors (Lipinski definition) is 1. The molecule has 3 rings (SSSR count). The van der Waals surface area contributed by atoms with Crippen molar-refractivity contribution in [3.63, 3.8) is 0 Å². The average Bonchev–Trinajstić information content (AvgIpc) is 2.70. The number of aliphatic imine (C=N–C) groups is 1. The Bertz CT molecular complexity index is 774. The van der Waals surface area contributed by atoms with Gasteiger partial charge in [-0.15, -0.1) is 0 Å². The number of carbonyl (C=O) groups excluding carboxylic acids is 1. The maximum atomic E-state index is 12.9. The Morgan fingerprint density at radius 3 is 2.82 bits per heavy atom. The summed E-state index contributed by atoms with van der Waals surface area (Å²) in [5.74, 6) is -0.205. The van der Waals surface area contributed by atoms with Gasteiger partial charge in [0.1, 0.15) is 0 Å². The molecule has 2 aromatic rings. The van der Waals surface area contributed by atoms with Crippen LogP contribution >= 0.6 is 23.2 Å². The van der Waals surface area contributed by atoms with Crippen LogP contribution in [0.5, 0.6) is 0 Å². The molecule has 0 saturated carbocycles. The van der Waals surface area contributed by atoms with Gasteiger partial charge in [-0.3, -0.25) is 9.79 Å². The van der Waals surface area contributed by atoms with Gasteiger partial charge in [-0.05, 0) is 36.4 Å². The zero-order valence-corrected chi connectivity index (χ0v) is 13.1. The SMILES string of the molecule is Nc1ccc2c(c1)C=NCCN2C(=O)c1cc(Cl)ccc1Cl. The molecule has 2 aromatic carbocycles. The molecule has 0 saturated heterocycles. The molecule has 4 nitrogen and oxygen atoms in total. The molecule has 6 heteroatoms. The molecule has 0 fully saturated rings. The van der Waals surface area contributed by atoms with Crippen LogP contribution in [0.15, 0.2) is 41.4 Å². The predicted molar refractivity (Wildman–Crippen MR) is 91.5 cm³/mol. The lowest BCUT2D eigenvalue weighted by atomic mass is 10.1. The van der Waals surface area contributed by atoms with E-state index in [1.807, 2.05) is 6.07 Å². The molecule has 0 bridgehead atoms. The zero-order valence-electron chi connectivity index (χ0n) is 11.6. The number of hydrogen-bond acceptors (Lipinski definition) is 3. The summed E-state index contributed by atoms with van der Waals surface area (Å²) >= 11 is 12.1. The highest BCUT2D eigenvalue weighted by Gasteiger charge is 2.23. The maximum absolute atomic E-state index is 12.9. The quantitative estimate of drug-likeness (QED) is 0.809. The number of fused-ring (bicyclic) bond motifs is 1. The molecule has 0 atom stereocenters. The second-order valence-electron chi connectivity index (χ2n) is 4.93. The number of nitrogens with two attached hydrogens (primary N) is 1. The van der Waals surface area contributed by atoms with Gasteiger partial charge in [0.2, 0.25) is 0 Å². The summed E-state index contributed by atoms with van der Waals surface area (Å²) in [4.78, 5) is 18.8. The summed E-state index contributed by atoms with van der Waals surface area (Å²) in [5.41, 5.74) is 8.37. The zero-order chi connectivity index (χ0) is 15.7. The smallest absolute Gasteiger partial charge is 0.259 e. The van der Waals surface area contributed by atoms with Gasteiger partial charge >= 0.3 is 0 Å². The fourth-order valence-corrected chi connectivity index (χ4v) is 2.75. The summed E-state index contributed by atoms with van der Waals surface area (Å²) in [7, 11) is 0. The molecule has 0 aromatic heterocycles. The number of halogens is 2. The van der Waals surface area contributed by atoms with Crippen molar-refractivity contribution in [2.24, 2.45) is 4.99 Å². The summed E-state index contributed by atoms with van der Waals surface area (Å²) in [6, 6.07) is 10.2. The van der Waals surface area contributed by atoms with E-state index in [1.54, 1.807) is 41.4 Å². The van der Waals surface area contributed by atoms with Crippen LogP contribution in [0.3, 0.4) is 0 Å². The fourth-order valence-electron chi connectivity index (χ4n) is 2.38. The Balaban J connectivity index is 2.06. The normalized spacial score (nSPS) is 13.6. The van der Waals surface area contributed by atoms with Crippen LogP contribution in [0.25, 0.3) is 0 Å². The first-order chi connectivity index (χ1) is 10.6. The number of benzodiazepines with no additional fused rings is 1. The molecule has 2 N–H and O–H groups in total. The van der Waals surface area contributed by atoms with Crippen molar-refractivity contribution in [1.29, 1.82) is 0 Å². The van der Waals surface area contributed by atoms with Crippen LogP contribution in [-0.2, 0) is 0 Å². The van der Waals surface area contributed by atoms with E-state index < -0.39 is 0 Å². The van der Waals surface area contributed by atoms with Crippen molar-refractivity contribution in [3.8, 4) is 0 Å². The third-order valence-electron chi connectivity index (χ3n) is 3.43. The Kier molecular flexibility index (Phi) is 4.05. The molecule has 1 heterocycles. The molecule has 0 aliphatic carbocycles. The minimum atomic E-state index is -0.205. The number of benzene rings is 2. The number of carbonyl (C=O) groups is 1. The van der Waals surface area contributed by atoms with Gasteiger partial charge in [0, 0.05) is 29.0 Å². The summed E-state index contributed by atoms with van der Waals surface area (Å²) in [6.07, 6.45) is 1.73. The molecule has 112 valence electrons. The maximum Gasteiger partial charge on any atom is 0.259 e. The lowest BCUT2D eigenvalue weighted by molar-refractivity contribution is 0.0988. The van der Waals surface area contributed by atoms with Crippen LogP contribution in [0, 0.1) is 0 Å². The highest BCUT2D eigenvalue weighted by molar-refractivity contribution is 6.36. The van der Waals surface area contributed by atoms with Crippen LogP contribution in [0.4, 0.5) is 11.4 Å². The third kappa shape index (κ3) is 2.80. The average molecular weight is 334 g/mol. The first-order valence-electron chi connectivity index (χ1n) is 6.72. The Labute approximate surface area is 138 Å². The first-order valence-corrected chi connectivity index (χ1v) is 7.48. The van der Waals surface area contributed by atoms with E-state index in [1.165, 1.54) is 0 Å². The number of rotatable bonds is 1. The van der Waals surface area contributed by atoms with Gasteiger partial charge in [0.05, 0.1) is 22.8 Å². The second kappa shape index (κ2) is 5.99. The van der Waals surface area contributed by atoms with E-state index in [9.17, 15) is 4.79 Å². The molecular weight excluding hydrogens is 321 g/mol. The lowest BCUT2D eigenvalue weighted by Crippen LogP contribution is -2.33. The predicted octanol–water partition coefficient (Wildman–Crippen LogP) is 3.65. The molecule has 1 aliphatic rings. The lowest BCUT2D eigenvalue weighted by Gasteiger charge is -2.23. The minimum Gasteiger partial charge on any atom is -0.399 e. The van der Waals surface area contributed by atoms with Crippen molar-refractivity contribution >= 4 is 46.7 Å². The summed E-state index contributed by atoms with van der Waals surface area (Å²) in [6.45, 7) is 0.980. The van der Waals surface area contributed by atoms with Crippen LogP contribution < -0.4 is 10.6 Å². The standard InChI is InChI=1S/C16H13Cl2N3O/c17-11-1-3-14(18)13(8-11)16(22)21-6-5-20-9-10-7-12(19)2-4-15(10)21/h1-4,7-9H,5-6,19H2. The van der Waals surface area contributed by atoms with E-state index >= 15 is 0 Å². The summed E-state index contributed by atoms with van der Waals surface area (Å²) < 4.78 is 0. The fraction of sp³-hybridized carbons (Fsp3) is 0.125. The van der Waals surface area contributed by atoms with Crippen molar-refractivity contribution in [3.05, 3.63) is 57.6 Å². The molecule has 0 unspecified atom stereocenters. The van der Waals surface area contributed by atoms with Crippen molar-refractivity contribution in [1.82, 2.24) is 0 Å². The number of nitrogens with zero attached hydrogens (tertiary/aromatic N) is 2. The van der Waals surface area contributed by atoms with Crippen LogP contribution in [0.1, 0.15) is 15.9 Å². The Morgan fingerprint density at radius 2 is 2.00 bits per heavy atom. The molecule has 1 amide bonds. The van der Waals surface area contributed by atoms with E-state index in [-0.39, 0.29) is 5.91 Å². The molecule has 0 radical (unpaired) electrons. The Hall–Kier alpha value is -2.04. The van der Waals surface area contributed by atoms with Gasteiger partial charge < -0.3 is 10.6 Å². The van der Waals surface area contributed by atoms with Gasteiger partial charge in [-0.2, -0.15) is 0 Å². The summed E-state index contributed by atoms with van der Waals surface area (Å²) in [5, 5.41) is 0.841. The Morgan fingerprint density at radius 1 is 1.18 bits per heavy atom. The van der Waals surface area contributed by atoms with Gasteiger partial charge in [0.15, 0.2) is 0 Å². The monoisotopic (exact) mass is 333 g/mol. The number of anilines is 2. The van der Waals surface area contributed by atoms with Crippen LogP contribution in [-0.4, -0.2) is 25.2 Å². The number of amides is 1. The molecule has 1 aliphatic heterocycles. The van der Waals surface area contributed by atoms with Gasteiger partial charge in [-0.1, -0.05) is 23.2 Å². The van der Waals surface area contributed by atoms with Crippen molar-refractivity contribution in [2.75, 3.05) is 23.7 Å². The van der Waals surface area contributed by atoms with Crippen molar-refractivity contribution in [2.45, 2.75) is 0 Å². The van der Waals surface area contributed by atoms with E-state index in [4.69, 9.17) is 28.9 Å². The largest absolute Gasteiger partial charge is 0.399 e.